The molecule has 0 unspecified atom stereocenters. The number of benzene rings is 1. The highest BCUT2D eigenvalue weighted by Crippen LogP contribution is 2.29. The van der Waals surface area contributed by atoms with E-state index in [1.54, 1.807) is 0 Å². The Balaban J connectivity index is 2.51. The topological polar surface area (TPSA) is 35.8 Å². The van der Waals surface area contributed by atoms with Crippen molar-refractivity contribution in [3.8, 4) is 6.07 Å². The number of anilines is 1. The van der Waals surface area contributed by atoms with Crippen LogP contribution in [0.25, 0.3) is 0 Å². The zero-order chi connectivity index (χ0) is 10.4. The van der Waals surface area contributed by atoms with Gasteiger partial charge in [-0.3, -0.25) is 0 Å². The van der Waals surface area contributed by atoms with Crippen molar-refractivity contribution in [3.63, 3.8) is 0 Å². The first-order valence-corrected chi connectivity index (χ1v) is 5.47. The van der Waals surface area contributed by atoms with Gasteiger partial charge in [-0.15, -0.1) is 0 Å². The Labute approximate surface area is 97.0 Å². The molecule has 0 aliphatic heterocycles. The van der Waals surface area contributed by atoms with Crippen molar-refractivity contribution in [2.24, 2.45) is 0 Å². The Bertz CT molecular complexity index is 346. The second-order valence-electron chi connectivity index (χ2n) is 2.79. The molecule has 0 amide bonds. The molecule has 2 nitrogen and oxygen atoms in total. The van der Waals surface area contributed by atoms with Crippen LogP contribution in [0.1, 0.15) is 12.8 Å². The largest absolute Gasteiger partial charge is 0.384 e. The number of halogens is 2. The summed E-state index contributed by atoms with van der Waals surface area (Å²) in [7, 11) is 0. The number of unbranched alkanes of at least 4 members (excludes halogenated alkanes) is 1. The van der Waals surface area contributed by atoms with Gasteiger partial charge in [-0.25, -0.2) is 0 Å². The molecule has 0 bridgehead atoms. The summed E-state index contributed by atoms with van der Waals surface area (Å²) in [4.78, 5) is 0. The second-order valence-corrected chi connectivity index (χ2v) is 3.99. The molecule has 74 valence electrons. The normalized spacial score (nSPS) is 9.50. The summed E-state index contributed by atoms with van der Waals surface area (Å²) in [5.41, 5.74) is 0.968. The Morgan fingerprint density at radius 2 is 2.29 bits per heavy atom. The van der Waals surface area contributed by atoms with E-state index in [0.717, 1.165) is 23.1 Å². The lowest BCUT2D eigenvalue weighted by Gasteiger charge is -2.07. The van der Waals surface area contributed by atoms with E-state index in [1.807, 2.05) is 18.2 Å². The fourth-order valence-electron chi connectivity index (χ4n) is 1.03. The standard InChI is InChI=1S/C10H10BrClN2/c11-10-8(12)4-3-5-9(10)14-7-2-1-6-13/h3-5,14H,1-2,7H2. The summed E-state index contributed by atoms with van der Waals surface area (Å²) in [5.74, 6) is 0. The minimum atomic E-state index is 0.575. The third kappa shape index (κ3) is 3.21. The van der Waals surface area contributed by atoms with Gasteiger partial charge in [0.1, 0.15) is 0 Å². The van der Waals surface area contributed by atoms with E-state index in [0.29, 0.717) is 11.4 Å². The van der Waals surface area contributed by atoms with Crippen molar-refractivity contribution in [1.82, 2.24) is 0 Å². The Morgan fingerprint density at radius 1 is 1.50 bits per heavy atom. The van der Waals surface area contributed by atoms with Crippen molar-refractivity contribution in [2.45, 2.75) is 12.8 Å². The van der Waals surface area contributed by atoms with Crippen LogP contribution >= 0.6 is 27.5 Å². The van der Waals surface area contributed by atoms with Gasteiger partial charge in [-0.05, 0) is 34.5 Å². The quantitative estimate of drug-likeness (QED) is 0.847. The third-order valence-electron chi connectivity index (χ3n) is 1.73. The molecule has 0 aliphatic rings. The molecule has 0 aromatic heterocycles. The molecule has 0 spiro atoms. The molecular weight excluding hydrogens is 263 g/mol. The summed E-state index contributed by atoms with van der Waals surface area (Å²) in [6.07, 6.45) is 1.42. The average molecular weight is 274 g/mol. The first-order valence-electron chi connectivity index (χ1n) is 4.30. The van der Waals surface area contributed by atoms with Crippen LogP contribution in [0.5, 0.6) is 0 Å². The number of nitrogens with zero attached hydrogens (tertiary/aromatic N) is 1. The van der Waals surface area contributed by atoms with E-state index in [1.165, 1.54) is 0 Å². The van der Waals surface area contributed by atoms with E-state index in [-0.39, 0.29) is 0 Å². The van der Waals surface area contributed by atoms with Gasteiger partial charge in [0.05, 0.1) is 15.6 Å². The summed E-state index contributed by atoms with van der Waals surface area (Å²) in [6.45, 7) is 0.784. The number of nitrogens with one attached hydrogen (secondary N) is 1. The van der Waals surface area contributed by atoms with Gasteiger partial charge < -0.3 is 5.32 Å². The fourth-order valence-corrected chi connectivity index (χ4v) is 1.61. The van der Waals surface area contributed by atoms with Crippen molar-refractivity contribution in [3.05, 3.63) is 27.7 Å². The van der Waals surface area contributed by atoms with Crippen LogP contribution in [-0.2, 0) is 0 Å². The lowest BCUT2D eigenvalue weighted by molar-refractivity contribution is 0.897. The van der Waals surface area contributed by atoms with Crippen LogP contribution in [0.2, 0.25) is 5.02 Å². The van der Waals surface area contributed by atoms with Crippen LogP contribution in [0.15, 0.2) is 22.7 Å². The predicted octanol–water partition coefficient (Wildman–Crippen LogP) is 3.82. The van der Waals surface area contributed by atoms with Crippen LogP contribution in [0, 0.1) is 11.3 Å². The average Bonchev–Trinajstić information content (AvgIpc) is 2.19. The molecule has 1 aromatic rings. The molecule has 0 saturated carbocycles. The van der Waals surface area contributed by atoms with E-state index >= 15 is 0 Å². The van der Waals surface area contributed by atoms with Crippen molar-refractivity contribution < 1.29 is 0 Å². The highest BCUT2D eigenvalue weighted by atomic mass is 79.9. The van der Waals surface area contributed by atoms with Crippen LogP contribution < -0.4 is 5.32 Å². The number of hydrogen-bond donors (Lipinski definition) is 1. The van der Waals surface area contributed by atoms with E-state index in [2.05, 4.69) is 27.3 Å². The van der Waals surface area contributed by atoms with Crippen molar-refractivity contribution in [1.29, 1.82) is 5.26 Å². The molecule has 4 heteroatoms. The van der Waals surface area contributed by atoms with Gasteiger partial charge in [-0.1, -0.05) is 17.7 Å². The van der Waals surface area contributed by atoms with Gasteiger partial charge in [-0.2, -0.15) is 5.26 Å². The van der Waals surface area contributed by atoms with Crippen LogP contribution in [-0.4, -0.2) is 6.54 Å². The van der Waals surface area contributed by atoms with Gasteiger partial charge in [0, 0.05) is 18.7 Å². The first-order chi connectivity index (χ1) is 6.75. The lowest BCUT2D eigenvalue weighted by atomic mass is 10.3. The molecule has 1 N–H and O–H groups in total. The number of rotatable bonds is 4. The lowest BCUT2D eigenvalue weighted by Crippen LogP contribution is -2.01. The molecule has 0 saturated heterocycles. The monoisotopic (exact) mass is 272 g/mol. The molecule has 1 aromatic carbocycles. The van der Waals surface area contributed by atoms with Crippen molar-refractivity contribution >= 4 is 33.2 Å². The summed E-state index contributed by atoms with van der Waals surface area (Å²) >= 11 is 9.30. The zero-order valence-electron chi connectivity index (χ0n) is 7.56. The smallest absolute Gasteiger partial charge is 0.0622 e. The van der Waals surface area contributed by atoms with Gasteiger partial charge in [0.25, 0.3) is 0 Å². The molecule has 0 heterocycles. The van der Waals surface area contributed by atoms with Crippen LogP contribution in [0.4, 0.5) is 5.69 Å². The maximum absolute atomic E-state index is 8.35. The van der Waals surface area contributed by atoms with Gasteiger partial charge in [0.15, 0.2) is 0 Å². The minimum Gasteiger partial charge on any atom is -0.384 e. The summed E-state index contributed by atoms with van der Waals surface area (Å²) in [5, 5.41) is 12.3. The zero-order valence-corrected chi connectivity index (χ0v) is 9.90. The SMILES string of the molecule is N#CCCCNc1cccc(Cl)c1Br. The molecule has 0 aliphatic carbocycles. The van der Waals surface area contributed by atoms with E-state index in [9.17, 15) is 0 Å². The Kier molecular flexibility index (Phi) is 4.78. The highest BCUT2D eigenvalue weighted by molar-refractivity contribution is 9.10. The summed E-state index contributed by atoms with van der Waals surface area (Å²) in [6, 6.07) is 7.76. The Morgan fingerprint density at radius 3 is 3.00 bits per heavy atom. The third-order valence-corrected chi connectivity index (χ3v) is 3.13. The first kappa shape index (κ1) is 11.4. The van der Waals surface area contributed by atoms with E-state index in [4.69, 9.17) is 16.9 Å². The fraction of sp³-hybridized carbons (Fsp3) is 0.300. The molecule has 0 atom stereocenters. The second kappa shape index (κ2) is 5.90. The number of hydrogen-bond acceptors (Lipinski definition) is 2. The number of nitriles is 1. The minimum absolute atomic E-state index is 0.575. The summed E-state index contributed by atoms with van der Waals surface area (Å²) < 4.78 is 0.874. The maximum atomic E-state index is 8.35. The van der Waals surface area contributed by atoms with Crippen LogP contribution in [0.3, 0.4) is 0 Å². The maximum Gasteiger partial charge on any atom is 0.0622 e. The molecule has 1 rings (SSSR count). The Hall–Kier alpha value is -0.720. The van der Waals surface area contributed by atoms with E-state index < -0.39 is 0 Å². The molecule has 0 fully saturated rings. The van der Waals surface area contributed by atoms with Gasteiger partial charge in [0.2, 0.25) is 0 Å². The predicted molar refractivity (Wildman–Crippen MR) is 62.5 cm³/mol. The molecule has 14 heavy (non-hydrogen) atoms. The molecule has 0 radical (unpaired) electrons. The molecular formula is C10H10BrClN2. The van der Waals surface area contributed by atoms with Crippen molar-refractivity contribution in [2.75, 3.05) is 11.9 Å². The highest BCUT2D eigenvalue weighted by Gasteiger charge is 2.01. The van der Waals surface area contributed by atoms with Gasteiger partial charge >= 0.3 is 0 Å².